The van der Waals surface area contributed by atoms with Gasteiger partial charge in [0.1, 0.15) is 5.82 Å². The Hall–Kier alpha value is -2.71. The summed E-state index contributed by atoms with van der Waals surface area (Å²) in [4.78, 5) is 21.4. The van der Waals surface area contributed by atoms with Crippen molar-refractivity contribution in [3.05, 3.63) is 59.9 Å². The normalized spacial score (nSPS) is 17.1. The number of benzene rings is 2. The Bertz CT molecular complexity index is 1250. The average Bonchev–Trinajstić information content (AvgIpc) is 3.25. The van der Waals surface area contributed by atoms with Crippen molar-refractivity contribution < 1.29 is 13.2 Å². The second-order valence-electron chi connectivity index (χ2n) is 10.8. The number of amides is 1. The lowest BCUT2D eigenvalue weighted by Gasteiger charge is -2.32. The molecule has 1 atom stereocenters. The minimum atomic E-state index is -3.58. The number of imidazole rings is 1. The molecule has 0 bridgehead atoms. The first-order valence-electron chi connectivity index (χ1n) is 12.3. The van der Waals surface area contributed by atoms with Crippen molar-refractivity contribution in [3.8, 4) is 0 Å². The summed E-state index contributed by atoms with van der Waals surface area (Å²) in [6.45, 7) is 11.1. The Kier molecular flexibility index (Phi) is 7.06. The number of sulfonamides is 1. The van der Waals surface area contributed by atoms with Gasteiger partial charge in [-0.1, -0.05) is 58.9 Å². The molecule has 1 unspecified atom stereocenters. The molecule has 0 spiro atoms. The SMILES string of the molecule is CC(C)C(NC(=O)C1CCN(S(=O)(=O)c2ccc(C(C)(C)C)cc2)CC1)c1nc2ccccc2[nH]1. The van der Waals surface area contributed by atoms with E-state index in [2.05, 4.69) is 49.9 Å². The fraction of sp³-hybridized carbons (Fsp3) is 0.481. The lowest BCUT2D eigenvalue weighted by molar-refractivity contribution is -0.127. The Morgan fingerprint density at radius 2 is 1.69 bits per heavy atom. The van der Waals surface area contributed by atoms with E-state index in [4.69, 9.17) is 0 Å². The Balaban J connectivity index is 1.40. The van der Waals surface area contributed by atoms with Crippen LogP contribution in [0.3, 0.4) is 0 Å². The van der Waals surface area contributed by atoms with E-state index in [-0.39, 0.29) is 29.2 Å². The maximum Gasteiger partial charge on any atom is 0.243 e. The van der Waals surface area contributed by atoms with E-state index in [1.54, 1.807) is 12.1 Å². The number of para-hydroxylation sites is 2. The molecule has 35 heavy (non-hydrogen) atoms. The summed E-state index contributed by atoms with van der Waals surface area (Å²) in [6.07, 6.45) is 0.992. The molecule has 7 nitrogen and oxygen atoms in total. The molecule has 188 valence electrons. The van der Waals surface area contributed by atoms with Gasteiger partial charge in [0.2, 0.25) is 15.9 Å². The van der Waals surface area contributed by atoms with E-state index in [0.717, 1.165) is 22.4 Å². The number of hydrogen-bond donors (Lipinski definition) is 2. The topological polar surface area (TPSA) is 95.2 Å². The van der Waals surface area contributed by atoms with Crippen molar-refractivity contribution in [1.29, 1.82) is 0 Å². The zero-order valence-electron chi connectivity index (χ0n) is 21.2. The second kappa shape index (κ2) is 9.74. The standard InChI is InChI=1S/C27H36N4O3S/c1-18(2)24(25-28-22-8-6-7-9-23(22)29-25)30-26(32)19-14-16-31(17-15-19)35(33,34)21-12-10-20(11-13-21)27(3,4)5/h6-13,18-19,24H,14-17H2,1-5H3,(H,28,29)(H,30,32). The van der Waals surface area contributed by atoms with E-state index in [1.165, 1.54) is 4.31 Å². The van der Waals surface area contributed by atoms with Gasteiger partial charge in [-0.15, -0.1) is 0 Å². The number of hydrogen-bond acceptors (Lipinski definition) is 4. The van der Waals surface area contributed by atoms with E-state index in [0.29, 0.717) is 30.8 Å². The fourth-order valence-electron chi connectivity index (χ4n) is 4.58. The van der Waals surface area contributed by atoms with Gasteiger partial charge in [0.15, 0.2) is 0 Å². The van der Waals surface area contributed by atoms with Crippen LogP contribution in [0.4, 0.5) is 0 Å². The number of nitrogens with one attached hydrogen (secondary N) is 2. The third-order valence-corrected chi connectivity index (χ3v) is 8.76. The zero-order valence-corrected chi connectivity index (χ0v) is 22.0. The number of aromatic nitrogens is 2. The molecule has 3 aromatic rings. The molecule has 2 aromatic carbocycles. The number of H-pyrrole nitrogens is 1. The quantitative estimate of drug-likeness (QED) is 0.514. The highest BCUT2D eigenvalue weighted by atomic mass is 32.2. The highest BCUT2D eigenvalue weighted by Crippen LogP contribution is 2.28. The second-order valence-corrected chi connectivity index (χ2v) is 12.8. The van der Waals surface area contributed by atoms with Crippen LogP contribution < -0.4 is 5.32 Å². The monoisotopic (exact) mass is 496 g/mol. The van der Waals surface area contributed by atoms with Gasteiger partial charge in [-0.05, 0) is 54.0 Å². The van der Waals surface area contributed by atoms with Crippen LogP contribution in [0.2, 0.25) is 0 Å². The van der Waals surface area contributed by atoms with Gasteiger partial charge < -0.3 is 10.3 Å². The van der Waals surface area contributed by atoms with Gasteiger partial charge in [-0.2, -0.15) is 4.31 Å². The first kappa shape index (κ1) is 25.4. The van der Waals surface area contributed by atoms with Crippen LogP contribution >= 0.6 is 0 Å². The number of aromatic amines is 1. The van der Waals surface area contributed by atoms with Crippen molar-refractivity contribution in [2.45, 2.75) is 63.8 Å². The summed E-state index contributed by atoms with van der Waals surface area (Å²) in [6, 6.07) is 14.7. The zero-order chi connectivity index (χ0) is 25.4. The third-order valence-electron chi connectivity index (χ3n) is 6.85. The molecular formula is C27H36N4O3S. The fourth-order valence-corrected chi connectivity index (χ4v) is 6.05. The van der Waals surface area contributed by atoms with Crippen molar-refractivity contribution >= 4 is 27.0 Å². The van der Waals surface area contributed by atoms with Crippen LogP contribution in [-0.2, 0) is 20.2 Å². The summed E-state index contributed by atoms with van der Waals surface area (Å²) in [5.74, 6) is 0.621. The van der Waals surface area contributed by atoms with Crippen LogP contribution in [0.1, 0.15) is 64.9 Å². The number of carbonyl (C=O) groups is 1. The molecule has 1 saturated heterocycles. The molecule has 1 fully saturated rings. The van der Waals surface area contributed by atoms with E-state index in [9.17, 15) is 13.2 Å². The van der Waals surface area contributed by atoms with Crippen molar-refractivity contribution in [1.82, 2.24) is 19.6 Å². The summed E-state index contributed by atoms with van der Waals surface area (Å²) >= 11 is 0. The first-order valence-corrected chi connectivity index (χ1v) is 13.8. The third kappa shape index (κ3) is 5.43. The molecule has 4 rings (SSSR count). The number of nitrogens with zero attached hydrogens (tertiary/aromatic N) is 2. The lowest BCUT2D eigenvalue weighted by Crippen LogP contribution is -2.44. The molecule has 0 aliphatic carbocycles. The summed E-state index contributed by atoms with van der Waals surface area (Å²) in [7, 11) is -3.58. The van der Waals surface area contributed by atoms with Crippen LogP contribution in [0.5, 0.6) is 0 Å². The molecule has 8 heteroatoms. The summed E-state index contributed by atoms with van der Waals surface area (Å²) in [5, 5.41) is 3.17. The lowest BCUT2D eigenvalue weighted by atomic mass is 9.87. The molecule has 0 radical (unpaired) electrons. The smallest absolute Gasteiger partial charge is 0.243 e. The van der Waals surface area contributed by atoms with Crippen LogP contribution in [0, 0.1) is 11.8 Å². The van der Waals surface area contributed by atoms with E-state index in [1.807, 2.05) is 36.4 Å². The largest absolute Gasteiger partial charge is 0.346 e. The van der Waals surface area contributed by atoms with Crippen LogP contribution in [0.25, 0.3) is 11.0 Å². The number of rotatable bonds is 6. The molecule has 1 amide bonds. The van der Waals surface area contributed by atoms with Gasteiger partial charge in [-0.25, -0.2) is 13.4 Å². The van der Waals surface area contributed by atoms with Gasteiger partial charge in [-0.3, -0.25) is 4.79 Å². The van der Waals surface area contributed by atoms with Gasteiger partial charge in [0, 0.05) is 19.0 Å². The molecule has 2 heterocycles. The molecular weight excluding hydrogens is 460 g/mol. The first-order chi connectivity index (χ1) is 16.5. The molecule has 1 aliphatic rings. The number of fused-ring (bicyclic) bond motifs is 1. The maximum absolute atomic E-state index is 13.2. The number of carbonyl (C=O) groups excluding carboxylic acids is 1. The maximum atomic E-state index is 13.2. The average molecular weight is 497 g/mol. The van der Waals surface area contributed by atoms with Gasteiger partial charge in [0.05, 0.1) is 22.0 Å². The van der Waals surface area contributed by atoms with Crippen molar-refractivity contribution in [3.63, 3.8) is 0 Å². The predicted octanol–water partition coefficient (Wildman–Crippen LogP) is 4.77. The summed E-state index contributed by atoms with van der Waals surface area (Å²) in [5.41, 5.74) is 2.87. The van der Waals surface area contributed by atoms with Gasteiger partial charge >= 0.3 is 0 Å². The van der Waals surface area contributed by atoms with Crippen LogP contribution in [-0.4, -0.2) is 41.7 Å². The molecule has 2 N–H and O–H groups in total. The molecule has 0 saturated carbocycles. The Labute approximate surface area is 208 Å². The minimum absolute atomic E-state index is 0.0375. The number of piperidine rings is 1. The minimum Gasteiger partial charge on any atom is -0.346 e. The predicted molar refractivity (Wildman–Crippen MR) is 138 cm³/mol. The molecule has 1 aromatic heterocycles. The van der Waals surface area contributed by atoms with E-state index < -0.39 is 10.0 Å². The van der Waals surface area contributed by atoms with Crippen molar-refractivity contribution in [2.75, 3.05) is 13.1 Å². The van der Waals surface area contributed by atoms with Crippen molar-refractivity contribution in [2.24, 2.45) is 11.8 Å². The Morgan fingerprint density at radius 3 is 2.26 bits per heavy atom. The molecule has 1 aliphatic heterocycles. The summed E-state index contributed by atoms with van der Waals surface area (Å²) < 4.78 is 27.9. The highest BCUT2D eigenvalue weighted by molar-refractivity contribution is 7.89. The van der Waals surface area contributed by atoms with E-state index >= 15 is 0 Å². The Morgan fingerprint density at radius 1 is 1.06 bits per heavy atom. The van der Waals surface area contributed by atoms with Crippen LogP contribution in [0.15, 0.2) is 53.4 Å². The van der Waals surface area contributed by atoms with Gasteiger partial charge in [0.25, 0.3) is 0 Å². The highest BCUT2D eigenvalue weighted by Gasteiger charge is 2.34.